The number of rotatable bonds is 2. The minimum atomic E-state index is -4.41. The number of benzene rings is 2. The molecule has 0 aliphatic heterocycles. The molecule has 0 N–H and O–H groups in total. The van der Waals surface area contributed by atoms with Crippen molar-refractivity contribution in [2.45, 2.75) is 11.5 Å². The van der Waals surface area contributed by atoms with Gasteiger partial charge < -0.3 is 0 Å². The third kappa shape index (κ3) is 2.53. The summed E-state index contributed by atoms with van der Waals surface area (Å²) in [4.78, 5) is 0. The molecular formula is C14H9BrF3N3. The molecule has 0 amide bonds. The van der Waals surface area contributed by atoms with Crippen LogP contribution in [0.2, 0.25) is 0 Å². The van der Waals surface area contributed by atoms with Crippen molar-refractivity contribution in [2.24, 2.45) is 0 Å². The van der Waals surface area contributed by atoms with Gasteiger partial charge in [0.05, 0.1) is 16.8 Å². The predicted molar refractivity (Wildman–Crippen MR) is 76.5 cm³/mol. The first-order chi connectivity index (χ1) is 10.0. The molecule has 0 atom stereocenters. The number of para-hydroxylation sites is 1. The number of hydrogen-bond donors (Lipinski definition) is 0. The van der Waals surface area contributed by atoms with Crippen molar-refractivity contribution in [2.75, 3.05) is 0 Å². The summed E-state index contributed by atoms with van der Waals surface area (Å²) in [6.07, 6.45) is -4.41. The van der Waals surface area contributed by atoms with Gasteiger partial charge in [-0.25, -0.2) is 4.68 Å². The molecule has 0 aliphatic rings. The van der Waals surface area contributed by atoms with Crippen LogP contribution in [-0.2, 0) is 11.5 Å². The van der Waals surface area contributed by atoms with Gasteiger partial charge in [-0.15, -0.1) is 5.10 Å². The van der Waals surface area contributed by atoms with Gasteiger partial charge in [-0.1, -0.05) is 39.3 Å². The maximum absolute atomic E-state index is 13.1. The van der Waals surface area contributed by atoms with E-state index in [0.29, 0.717) is 16.7 Å². The van der Waals surface area contributed by atoms with Crippen molar-refractivity contribution in [3.63, 3.8) is 0 Å². The molecule has 7 heteroatoms. The molecule has 0 radical (unpaired) electrons. The Kier molecular flexibility index (Phi) is 3.44. The lowest BCUT2D eigenvalue weighted by atomic mass is 10.1. The van der Waals surface area contributed by atoms with E-state index in [1.165, 1.54) is 10.7 Å². The Hall–Kier alpha value is -1.89. The maximum Gasteiger partial charge on any atom is 0.416 e. The molecule has 1 heterocycles. The van der Waals surface area contributed by atoms with Crippen molar-refractivity contribution in [3.05, 3.63) is 53.6 Å². The average Bonchev–Trinajstić information content (AvgIpc) is 2.89. The highest BCUT2D eigenvalue weighted by Crippen LogP contribution is 2.34. The van der Waals surface area contributed by atoms with E-state index in [1.54, 1.807) is 30.3 Å². The summed E-state index contributed by atoms with van der Waals surface area (Å²) in [5.74, 6) is 0. The van der Waals surface area contributed by atoms with E-state index in [-0.39, 0.29) is 10.9 Å². The topological polar surface area (TPSA) is 30.7 Å². The van der Waals surface area contributed by atoms with E-state index in [9.17, 15) is 13.2 Å². The van der Waals surface area contributed by atoms with E-state index in [1.807, 2.05) is 0 Å². The molecule has 3 rings (SSSR count). The monoisotopic (exact) mass is 355 g/mol. The Morgan fingerprint density at radius 1 is 1.10 bits per heavy atom. The molecule has 108 valence electrons. The van der Waals surface area contributed by atoms with Crippen LogP contribution >= 0.6 is 15.9 Å². The van der Waals surface area contributed by atoms with E-state index in [0.717, 1.165) is 6.07 Å². The maximum atomic E-state index is 13.1. The minimum absolute atomic E-state index is 0.139. The van der Waals surface area contributed by atoms with E-state index in [4.69, 9.17) is 0 Å². The summed E-state index contributed by atoms with van der Waals surface area (Å²) < 4.78 is 40.7. The fourth-order valence-electron chi connectivity index (χ4n) is 2.14. The number of hydrogen-bond acceptors (Lipinski definition) is 2. The van der Waals surface area contributed by atoms with Crippen molar-refractivity contribution in [1.29, 1.82) is 0 Å². The van der Waals surface area contributed by atoms with Crippen LogP contribution in [0.4, 0.5) is 13.2 Å². The lowest BCUT2D eigenvalue weighted by Crippen LogP contribution is -2.10. The van der Waals surface area contributed by atoms with Crippen LogP contribution in [0.25, 0.3) is 16.7 Å². The standard InChI is InChI=1S/C14H9BrF3N3/c15-8-9-5-6-10(7-11(9)14(16,17)18)21-13-4-2-1-3-12(13)19-20-21/h1-7H,8H2. The molecule has 0 saturated carbocycles. The fourth-order valence-corrected chi connectivity index (χ4v) is 2.63. The molecule has 3 aromatic rings. The first kappa shape index (κ1) is 14.1. The smallest absolute Gasteiger partial charge is 0.213 e. The SMILES string of the molecule is FC(F)(F)c1cc(-n2nnc3ccccc32)ccc1CBr. The van der Waals surface area contributed by atoms with Gasteiger partial charge in [0, 0.05) is 5.33 Å². The van der Waals surface area contributed by atoms with Crippen LogP contribution in [0.1, 0.15) is 11.1 Å². The Bertz CT molecular complexity index is 796. The number of alkyl halides is 4. The van der Waals surface area contributed by atoms with E-state index in [2.05, 4.69) is 26.2 Å². The highest BCUT2D eigenvalue weighted by atomic mass is 79.9. The number of halogens is 4. The largest absolute Gasteiger partial charge is 0.416 e. The molecule has 0 aliphatic carbocycles. The summed E-state index contributed by atoms with van der Waals surface area (Å²) in [6, 6.07) is 11.3. The second-order valence-electron chi connectivity index (χ2n) is 4.46. The first-order valence-electron chi connectivity index (χ1n) is 6.07. The van der Waals surface area contributed by atoms with Crippen molar-refractivity contribution in [1.82, 2.24) is 15.0 Å². The van der Waals surface area contributed by atoms with Crippen molar-refractivity contribution in [3.8, 4) is 5.69 Å². The molecule has 3 nitrogen and oxygen atoms in total. The average molecular weight is 356 g/mol. The zero-order valence-electron chi connectivity index (χ0n) is 10.6. The highest BCUT2D eigenvalue weighted by Gasteiger charge is 2.33. The predicted octanol–water partition coefficient (Wildman–Crippen LogP) is 4.33. The molecule has 2 aromatic carbocycles. The highest BCUT2D eigenvalue weighted by molar-refractivity contribution is 9.08. The molecule has 0 saturated heterocycles. The molecule has 0 fully saturated rings. The number of aromatic nitrogens is 3. The van der Waals surface area contributed by atoms with Crippen LogP contribution in [0.5, 0.6) is 0 Å². The van der Waals surface area contributed by atoms with E-state index >= 15 is 0 Å². The normalized spacial score (nSPS) is 12.0. The van der Waals surface area contributed by atoms with Crippen LogP contribution in [0.15, 0.2) is 42.5 Å². The van der Waals surface area contributed by atoms with Crippen LogP contribution < -0.4 is 0 Å². The number of nitrogens with zero attached hydrogens (tertiary/aromatic N) is 3. The molecule has 0 unspecified atom stereocenters. The summed E-state index contributed by atoms with van der Waals surface area (Å²) in [5.41, 5.74) is 1.15. The quantitative estimate of drug-likeness (QED) is 0.640. The van der Waals surface area contributed by atoms with Gasteiger partial charge in [-0.05, 0) is 29.8 Å². The second-order valence-corrected chi connectivity index (χ2v) is 5.02. The molecule has 0 spiro atoms. The summed E-state index contributed by atoms with van der Waals surface area (Å²) in [6.45, 7) is 0. The Morgan fingerprint density at radius 2 is 1.86 bits per heavy atom. The Balaban J connectivity index is 2.19. The fraction of sp³-hybridized carbons (Fsp3) is 0.143. The molecular weight excluding hydrogens is 347 g/mol. The second kappa shape index (κ2) is 5.14. The zero-order chi connectivity index (χ0) is 15.0. The third-order valence-corrected chi connectivity index (χ3v) is 3.74. The van der Waals surface area contributed by atoms with Gasteiger partial charge in [-0.2, -0.15) is 13.2 Å². The number of fused-ring (bicyclic) bond motifs is 1. The molecule has 1 aromatic heterocycles. The van der Waals surface area contributed by atoms with Gasteiger partial charge in [0.15, 0.2) is 0 Å². The summed E-state index contributed by atoms with van der Waals surface area (Å²) >= 11 is 3.08. The zero-order valence-corrected chi connectivity index (χ0v) is 12.2. The molecule has 21 heavy (non-hydrogen) atoms. The third-order valence-electron chi connectivity index (χ3n) is 3.14. The molecule has 0 bridgehead atoms. The van der Waals surface area contributed by atoms with Gasteiger partial charge in [0.25, 0.3) is 0 Å². The van der Waals surface area contributed by atoms with Gasteiger partial charge in [-0.3, -0.25) is 0 Å². The summed E-state index contributed by atoms with van der Waals surface area (Å²) in [7, 11) is 0. The first-order valence-corrected chi connectivity index (χ1v) is 7.20. The minimum Gasteiger partial charge on any atom is -0.213 e. The van der Waals surface area contributed by atoms with Crippen LogP contribution in [-0.4, -0.2) is 15.0 Å². The van der Waals surface area contributed by atoms with E-state index < -0.39 is 11.7 Å². The van der Waals surface area contributed by atoms with Gasteiger partial charge in [0.1, 0.15) is 5.52 Å². The Labute approximate surface area is 126 Å². The van der Waals surface area contributed by atoms with Crippen LogP contribution in [0.3, 0.4) is 0 Å². The van der Waals surface area contributed by atoms with Gasteiger partial charge >= 0.3 is 6.18 Å². The van der Waals surface area contributed by atoms with Gasteiger partial charge in [0.2, 0.25) is 0 Å². The summed E-state index contributed by atoms with van der Waals surface area (Å²) in [5, 5.41) is 8.02. The van der Waals surface area contributed by atoms with Crippen molar-refractivity contribution < 1.29 is 13.2 Å². The van der Waals surface area contributed by atoms with Crippen molar-refractivity contribution >= 4 is 27.0 Å². The lowest BCUT2D eigenvalue weighted by molar-refractivity contribution is -0.138. The van der Waals surface area contributed by atoms with Crippen LogP contribution in [0, 0.1) is 0 Å². The lowest BCUT2D eigenvalue weighted by Gasteiger charge is -2.13. The Morgan fingerprint density at radius 3 is 2.57 bits per heavy atom.